The summed E-state index contributed by atoms with van der Waals surface area (Å²) >= 11 is 0. The fraction of sp³-hybridized carbons (Fsp3) is 0.917. The quantitative estimate of drug-likeness (QED) is 0.581. The highest BCUT2D eigenvalue weighted by Gasteiger charge is 2.13. The SMILES string of the molecule is CCC(C)(C)CNCCCCCC(=O)O. The molecule has 0 amide bonds. The Balaban J connectivity index is 3.22. The number of hydrogen-bond acceptors (Lipinski definition) is 2. The average molecular weight is 215 g/mol. The Hall–Kier alpha value is -0.570. The second-order valence-corrected chi connectivity index (χ2v) is 4.90. The maximum atomic E-state index is 10.2. The van der Waals surface area contributed by atoms with E-state index < -0.39 is 5.97 Å². The van der Waals surface area contributed by atoms with Gasteiger partial charge < -0.3 is 10.4 Å². The van der Waals surface area contributed by atoms with E-state index in [1.807, 2.05) is 0 Å². The molecule has 0 aliphatic carbocycles. The van der Waals surface area contributed by atoms with Gasteiger partial charge in [-0.3, -0.25) is 4.79 Å². The lowest BCUT2D eigenvalue weighted by atomic mass is 9.90. The van der Waals surface area contributed by atoms with E-state index in [9.17, 15) is 4.79 Å². The molecule has 0 aliphatic rings. The van der Waals surface area contributed by atoms with Crippen LogP contribution in [0.25, 0.3) is 0 Å². The molecule has 3 nitrogen and oxygen atoms in total. The summed E-state index contributed by atoms with van der Waals surface area (Å²) in [5.74, 6) is -0.685. The Morgan fingerprint density at radius 3 is 2.47 bits per heavy atom. The predicted octanol–water partition coefficient (Wildman–Crippen LogP) is 2.66. The first-order valence-corrected chi connectivity index (χ1v) is 5.90. The van der Waals surface area contributed by atoms with Crippen molar-refractivity contribution in [2.75, 3.05) is 13.1 Å². The number of hydrogen-bond donors (Lipinski definition) is 2. The molecule has 0 spiro atoms. The zero-order chi connectivity index (χ0) is 11.7. The molecule has 0 saturated carbocycles. The molecule has 0 aromatic heterocycles. The minimum Gasteiger partial charge on any atom is -0.481 e. The standard InChI is InChI=1S/C12H25NO2/c1-4-12(2,3)10-13-9-7-5-6-8-11(14)15/h13H,4-10H2,1-3H3,(H,14,15). The molecule has 0 aliphatic heterocycles. The third-order valence-corrected chi connectivity index (χ3v) is 2.80. The fourth-order valence-electron chi connectivity index (χ4n) is 1.25. The third-order valence-electron chi connectivity index (χ3n) is 2.80. The second kappa shape index (κ2) is 7.69. The second-order valence-electron chi connectivity index (χ2n) is 4.90. The molecule has 0 aromatic carbocycles. The zero-order valence-corrected chi connectivity index (χ0v) is 10.3. The molecule has 0 fully saturated rings. The molecule has 0 radical (unpaired) electrons. The van der Waals surface area contributed by atoms with E-state index >= 15 is 0 Å². The number of carboxylic acids is 1. The Bertz CT molecular complexity index is 178. The number of carbonyl (C=O) groups is 1. The van der Waals surface area contributed by atoms with Crippen LogP contribution < -0.4 is 5.32 Å². The molecular formula is C12H25NO2. The third kappa shape index (κ3) is 9.73. The molecule has 2 N–H and O–H groups in total. The lowest BCUT2D eigenvalue weighted by molar-refractivity contribution is -0.137. The van der Waals surface area contributed by atoms with Gasteiger partial charge in [-0.15, -0.1) is 0 Å². The smallest absolute Gasteiger partial charge is 0.303 e. The summed E-state index contributed by atoms with van der Waals surface area (Å²) in [5, 5.41) is 11.9. The van der Waals surface area contributed by atoms with Gasteiger partial charge in [0.2, 0.25) is 0 Å². The van der Waals surface area contributed by atoms with Gasteiger partial charge in [-0.05, 0) is 31.2 Å². The summed E-state index contributed by atoms with van der Waals surface area (Å²) in [6, 6.07) is 0. The lowest BCUT2D eigenvalue weighted by Gasteiger charge is -2.22. The highest BCUT2D eigenvalue weighted by molar-refractivity contribution is 5.66. The van der Waals surface area contributed by atoms with Crippen LogP contribution in [0, 0.1) is 5.41 Å². The summed E-state index contributed by atoms with van der Waals surface area (Å²) in [5.41, 5.74) is 0.376. The molecule has 0 unspecified atom stereocenters. The molecule has 0 saturated heterocycles. The van der Waals surface area contributed by atoms with Crippen LogP contribution >= 0.6 is 0 Å². The van der Waals surface area contributed by atoms with Crippen LogP contribution in [0.1, 0.15) is 52.9 Å². The van der Waals surface area contributed by atoms with Crippen molar-refractivity contribution in [3.8, 4) is 0 Å². The number of rotatable bonds is 9. The molecule has 15 heavy (non-hydrogen) atoms. The maximum absolute atomic E-state index is 10.2. The summed E-state index contributed by atoms with van der Waals surface area (Å²) < 4.78 is 0. The maximum Gasteiger partial charge on any atom is 0.303 e. The average Bonchev–Trinajstić information content (AvgIpc) is 2.16. The number of carboxylic acid groups (broad SMARTS) is 1. The Morgan fingerprint density at radius 1 is 1.27 bits per heavy atom. The van der Waals surface area contributed by atoms with Crippen LogP contribution in [0.3, 0.4) is 0 Å². The zero-order valence-electron chi connectivity index (χ0n) is 10.3. The van der Waals surface area contributed by atoms with Gasteiger partial charge in [0.1, 0.15) is 0 Å². The van der Waals surface area contributed by atoms with Crippen molar-refractivity contribution < 1.29 is 9.90 Å². The van der Waals surface area contributed by atoms with Gasteiger partial charge in [-0.25, -0.2) is 0 Å². The van der Waals surface area contributed by atoms with E-state index in [0.29, 0.717) is 11.8 Å². The van der Waals surface area contributed by atoms with E-state index in [2.05, 4.69) is 26.1 Å². The van der Waals surface area contributed by atoms with Gasteiger partial charge in [-0.2, -0.15) is 0 Å². The topological polar surface area (TPSA) is 49.3 Å². The van der Waals surface area contributed by atoms with Crippen molar-refractivity contribution in [2.45, 2.75) is 52.9 Å². The highest BCUT2D eigenvalue weighted by atomic mass is 16.4. The van der Waals surface area contributed by atoms with Gasteiger partial charge in [0, 0.05) is 13.0 Å². The summed E-state index contributed by atoms with van der Waals surface area (Å²) in [7, 11) is 0. The molecule has 90 valence electrons. The summed E-state index contributed by atoms with van der Waals surface area (Å²) in [6.07, 6.45) is 4.37. The summed E-state index contributed by atoms with van der Waals surface area (Å²) in [4.78, 5) is 10.2. The highest BCUT2D eigenvalue weighted by Crippen LogP contribution is 2.17. The minimum atomic E-state index is -0.685. The van der Waals surface area contributed by atoms with E-state index in [4.69, 9.17) is 5.11 Å². The first-order valence-electron chi connectivity index (χ1n) is 5.90. The van der Waals surface area contributed by atoms with Crippen LogP contribution in [-0.2, 0) is 4.79 Å². The van der Waals surface area contributed by atoms with Crippen LogP contribution in [0.15, 0.2) is 0 Å². The first kappa shape index (κ1) is 14.4. The monoisotopic (exact) mass is 215 g/mol. The van der Waals surface area contributed by atoms with Gasteiger partial charge in [0.05, 0.1) is 0 Å². The molecule has 0 bridgehead atoms. The Labute approximate surface area is 93.3 Å². The largest absolute Gasteiger partial charge is 0.481 e. The Kier molecular flexibility index (Phi) is 7.39. The molecule has 0 atom stereocenters. The Morgan fingerprint density at radius 2 is 1.93 bits per heavy atom. The first-order chi connectivity index (χ1) is 6.98. The molecule has 0 heterocycles. The number of nitrogens with one attached hydrogen (secondary N) is 1. The minimum absolute atomic E-state index is 0.306. The van der Waals surface area contributed by atoms with Gasteiger partial charge in [0.15, 0.2) is 0 Å². The van der Waals surface area contributed by atoms with Crippen LogP contribution in [0.4, 0.5) is 0 Å². The molecule has 0 rings (SSSR count). The van der Waals surface area contributed by atoms with Gasteiger partial charge in [-0.1, -0.05) is 27.2 Å². The van der Waals surface area contributed by atoms with Crippen molar-refractivity contribution in [1.29, 1.82) is 0 Å². The van der Waals surface area contributed by atoms with Crippen molar-refractivity contribution in [2.24, 2.45) is 5.41 Å². The van der Waals surface area contributed by atoms with Gasteiger partial charge >= 0.3 is 5.97 Å². The normalized spacial score (nSPS) is 11.7. The fourth-order valence-corrected chi connectivity index (χ4v) is 1.25. The van der Waals surface area contributed by atoms with Crippen molar-refractivity contribution in [1.82, 2.24) is 5.32 Å². The molecular weight excluding hydrogens is 190 g/mol. The predicted molar refractivity (Wildman–Crippen MR) is 63.0 cm³/mol. The van der Waals surface area contributed by atoms with Crippen molar-refractivity contribution in [3.05, 3.63) is 0 Å². The van der Waals surface area contributed by atoms with E-state index in [1.165, 1.54) is 6.42 Å². The van der Waals surface area contributed by atoms with E-state index in [1.54, 1.807) is 0 Å². The number of unbranched alkanes of at least 4 members (excludes halogenated alkanes) is 2. The number of aliphatic carboxylic acids is 1. The van der Waals surface area contributed by atoms with E-state index in [-0.39, 0.29) is 0 Å². The molecule has 0 aromatic rings. The molecule has 3 heteroatoms. The summed E-state index contributed by atoms with van der Waals surface area (Å²) in [6.45, 7) is 8.76. The van der Waals surface area contributed by atoms with Crippen LogP contribution in [0.5, 0.6) is 0 Å². The van der Waals surface area contributed by atoms with E-state index in [0.717, 1.165) is 32.4 Å². The van der Waals surface area contributed by atoms with Crippen LogP contribution in [0.2, 0.25) is 0 Å². The van der Waals surface area contributed by atoms with Crippen molar-refractivity contribution >= 4 is 5.97 Å². The van der Waals surface area contributed by atoms with Crippen LogP contribution in [-0.4, -0.2) is 24.2 Å². The van der Waals surface area contributed by atoms with Gasteiger partial charge in [0.25, 0.3) is 0 Å². The van der Waals surface area contributed by atoms with Crippen molar-refractivity contribution in [3.63, 3.8) is 0 Å². The lowest BCUT2D eigenvalue weighted by Crippen LogP contribution is -2.29.